The Balaban J connectivity index is 2.81. The molecule has 1 aromatic rings. The number of aromatic nitrogens is 1. The van der Waals surface area contributed by atoms with Crippen LogP contribution in [0, 0.1) is 0 Å². The summed E-state index contributed by atoms with van der Waals surface area (Å²) < 4.78 is 4.53. The van der Waals surface area contributed by atoms with Crippen LogP contribution in [0.25, 0.3) is 0 Å². The van der Waals surface area contributed by atoms with Crippen molar-refractivity contribution in [2.45, 2.75) is 19.4 Å². The van der Waals surface area contributed by atoms with Gasteiger partial charge in [-0.15, -0.1) is 0 Å². The minimum absolute atomic E-state index is 0.143. The second-order valence-electron chi connectivity index (χ2n) is 2.98. The summed E-state index contributed by atoms with van der Waals surface area (Å²) in [7, 11) is 0. The van der Waals surface area contributed by atoms with Crippen LogP contribution in [0.4, 0.5) is 4.79 Å². The lowest BCUT2D eigenvalue weighted by Gasteiger charge is -2.12. The number of hydrogen-bond donors (Lipinski definition) is 2. The third-order valence-electron chi connectivity index (χ3n) is 1.30. The van der Waals surface area contributed by atoms with Gasteiger partial charge in [0.25, 0.3) is 5.19 Å². The monoisotopic (exact) mass is 202 g/mol. The van der Waals surface area contributed by atoms with Crippen molar-refractivity contribution in [1.29, 1.82) is 0 Å². The molecule has 3 N–H and O–H groups in total. The molecule has 0 fully saturated rings. The van der Waals surface area contributed by atoms with Crippen molar-refractivity contribution in [2.75, 3.05) is 0 Å². The van der Waals surface area contributed by atoms with E-state index in [1.165, 1.54) is 0 Å². The van der Waals surface area contributed by atoms with E-state index in [1.807, 2.05) is 0 Å². The molecule has 0 aliphatic heterocycles. The standard InChI is InChI=1S/C7H10N2O3S/c1-7(2,11)4-3-13-6(9-4)12-5(8)10/h3,11H,1-2H3,(H2,8,10). The number of thiazole rings is 1. The average Bonchev–Trinajstić information content (AvgIpc) is 2.32. The highest BCUT2D eigenvalue weighted by Gasteiger charge is 2.20. The van der Waals surface area contributed by atoms with E-state index in [9.17, 15) is 9.90 Å². The van der Waals surface area contributed by atoms with Crippen LogP contribution < -0.4 is 10.5 Å². The highest BCUT2D eigenvalue weighted by Crippen LogP contribution is 2.25. The number of primary amides is 1. The van der Waals surface area contributed by atoms with Crippen molar-refractivity contribution in [3.05, 3.63) is 11.1 Å². The number of amides is 1. The molecule has 1 amide bonds. The molecule has 0 bridgehead atoms. The van der Waals surface area contributed by atoms with Gasteiger partial charge in [0.1, 0.15) is 5.60 Å². The summed E-state index contributed by atoms with van der Waals surface area (Å²) in [6.45, 7) is 3.19. The van der Waals surface area contributed by atoms with Crippen molar-refractivity contribution in [1.82, 2.24) is 4.98 Å². The molecule has 0 spiro atoms. The van der Waals surface area contributed by atoms with Gasteiger partial charge in [0.15, 0.2) is 0 Å². The van der Waals surface area contributed by atoms with Gasteiger partial charge in [0.05, 0.1) is 5.69 Å². The van der Waals surface area contributed by atoms with Gasteiger partial charge in [-0.3, -0.25) is 0 Å². The first-order chi connectivity index (χ1) is 5.89. The molecule has 1 rings (SSSR count). The molecule has 72 valence electrons. The fraction of sp³-hybridized carbons (Fsp3) is 0.429. The van der Waals surface area contributed by atoms with Crippen molar-refractivity contribution in [2.24, 2.45) is 5.73 Å². The molecule has 1 aromatic heterocycles. The lowest BCUT2D eigenvalue weighted by Crippen LogP contribution is -2.18. The number of nitrogens with zero attached hydrogens (tertiary/aromatic N) is 1. The Kier molecular flexibility index (Phi) is 2.53. The third kappa shape index (κ3) is 2.67. The van der Waals surface area contributed by atoms with Crippen molar-refractivity contribution >= 4 is 17.4 Å². The second-order valence-corrected chi connectivity index (χ2v) is 3.80. The minimum Gasteiger partial charge on any atom is -0.384 e. The van der Waals surface area contributed by atoms with Crippen LogP contribution in [-0.4, -0.2) is 16.2 Å². The summed E-state index contributed by atoms with van der Waals surface area (Å²) in [6.07, 6.45) is -0.906. The zero-order chi connectivity index (χ0) is 10.1. The van der Waals surface area contributed by atoms with E-state index in [2.05, 4.69) is 9.72 Å². The third-order valence-corrected chi connectivity index (χ3v) is 2.02. The smallest absolute Gasteiger partial charge is 0.384 e. The number of carbonyl (C=O) groups is 1. The fourth-order valence-corrected chi connectivity index (χ4v) is 1.51. The van der Waals surface area contributed by atoms with Gasteiger partial charge in [-0.25, -0.2) is 9.78 Å². The highest BCUT2D eigenvalue weighted by molar-refractivity contribution is 7.11. The topological polar surface area (TPSA) is 85.4 Å². The first-order valence-corrected chi connectivity index (χ1v) is 4.43. The van der Waals surface area contributed by atoms with Gasteiger partial charge in [-0.2, -0.15) is 0 Å². The predicted octanol–water partition coefficient (Wildman–Crippen LogP) is 0.828. The molecule has 0 saturated heterocycles. The highest BCUT2D eigenvalue weighted by atomic mass is 32.1. The van der Waals surface area contributed by atoms with Crippen LogP contribution in [0.2, 0.25) is 0 Å². The molecular formula is C7H10N2O3S. The van der Waals surface area contributed by atoms with Crippen LogP contribution in [-0.2, 0) is 5.60 Å². The summed E-state index contributed by atoms with van der Waals surface area (Å²) in [6, 6.07) is 0. The minimum atomic E-state index is -1.03. The molecule has 0 aliphatic carbocycles. The molecule has 0 aliphatic rings. The van der Waals surface area contributed by atoms with Crippen LogP contribution in [0.1, 0.15) is 19.5 Å². The average molecular weight is 202 g/mol. The van der Waals surface area contributed by atoms with Crippen LogP contribution in [0.15, 0.2) is 5.38 Å². The van der Waals surface area contributed by atoms with Crippen LogP contribution in [0.3, 0.4) is 0 Å². The van der Waals surface area contributed by atoms with E-state index in [1.54, 1.807) is 19.2 Å². The van der Waals surface area contributed by atoms with Crippen LogP contribution >= 0.6 is 11.3 Å². The molecule has 5 nitrogen and oxygen atoms in total. The second kappa shape index (κ2) is 3.31. The molecule has 6 heteroatoms. The Morgan fingerprint density at radius 1 is 1.77 bits per heavy atom. The Hall–Kier alpha value is -1.14. The van der Waals surface area contributed by atoms with Gasteiger partial charge in [0, 0.05) is 5.38 Å². The summed E-state index contributed by atoms with van der Waals surface area (Å²) in [4.78, 5) is 14.2. The number of hydrogen-bond acceptors (Lipinski definition) is 5. The lowest BCUT2D eigenvalue weighted by atomic mass is 10.1. The molecule has 0 radical (unpaired) electrons. The Morgan fingerprint density at radius 2 is 2.38 bits per heavy atom. The summed E-state index contributed by atoms with van der Waals surface area (Å²) in [5.74, 6) is 0. The zero-order valence-corrected chi connectivity index (χ0v) is 8.09. The molecule has 0 unspecified atom stereocenters. The maximum Gasteiger partial charge on any atom is 0.411 e. The summed E-state index contributed by atoms with van der Waals surface area (Å²) in [5, 5.41) is 11.3. The van der Waals surface area contributed by atoms with Gasteiger partial charge in [-0.1, -0.05) is 11.3 Å². The molecular weight excluding hydrogens is 192 g/mol. The Labute approximate surface area is 79.2 Å². The SMILES string of the molecule is CC(C)(O)c1csc(OC(N)=O)n1. The Bertz CT molecular complexity index is 316. The quantitative estimate of drug-likeness (QED) is 0.743. The number of rotatable bonds is 2. The zero-order valence-electron chi connectivity index (χ0n) is 7.27. The lowest BCUT2D eigenvalue weighted by molar-refractivity contribution is 0.0740. The van der Waals surface area contributed by atoms with Crippen molar-refractivity contribution < 1.29 is 14.6 Å². The molecule has 1 heterocycles. The number of aliphatic hydroxyl groups is 1. The molecule has 13 heavy (non-hydrogen) atoms. The molecule has 0 atom stereocenters. The maximum absolute atomic E-state index is 10.3. The largest absolute Gasteiger partial charge is 0.411 e. The number of carbonyl (C=O) groups excluding carboxylic acids is 1. The number of nitrogens with two attached hydrogens (primary N) is 1. The van der Waals surface area contributed by atoms with Crippen LogP contribution in [0.5, 0.6) is 5.19 Å². The number of ether oxygens (including phenoxy) is 1. The fourth-order valence-electron chi connectivity index (χ4n) is 0.671. The summed E-state index contributed by atoms with van der Waals surface area (Å²) >= 11 is 1.11. The van der Waals surface area contributed by atoms with Gasteiger partial charge in [0.2, 0.25) is 0 Å². The van der Waals surface area contributed by atoms with E-state index >= 15 is 0 Å². The Morgan fingerprint density at radius 3 is 2.77 bits per heavy atom. The van der Waals surface area contributed by atoms with E-state index in [4.69, 9.17) is 5.73 Å². The molecule has 0 saturated carbocycles. The van der Waals surface area contributed by atoms with Crippen molar-refractivity contribution in [3.8, 4) is 5.19 Å². The normalized spacial score (nSPS) is 11.3. The van der Waals surface area contributed by atoms with E-state index in [0.29, 0.717) is 5.69 Å². The first kappa shape index (κ1) is 9.94. The predicted molar refractivity (Wildman–Crippen MR) is 47.6 cm³/mol. The molecule has 0 aromatic carbocycles. The van der Waals surface area contributed by atoms with E-state index in [-0.39, 0.29) is 5.19 Å². The van der Waals surface area contributed by atoms with Crippen molar-refractivity contribution in [3.63, 3.8) is 0 Å². The van der Waals surface area contributed by atoms with E-state index < -0.39 is 11.7 Å². The van der Waals surface area contributed by atoms with Gasteiger partial charge < -0.3 is 15.6 Å². The summed E-state index contributed by atoms with van der Waals surface area (Å²) in [5.41, 5.74) is 4.21. The first-order valence-electron chi connectivity index (χ1n) is 3.55. The van der Waals surface area contributed by atoms with Gasteiger partial charge >= 0.3 is 6.09 Å². The van der Waals surface area contributed by atoms with Gasteiger partial charge in [-0.05, 0) is 13.8 Å². The maximum atomic E-state index is 10.3. The van der Waals surface area contributed by atoms with E-state index in [0.717, 1.165) is 11.3 Å².